The maximum atomic E-state index is 5.85. The number of tetrazole rings is 1. The van der Waals surface area contributed by atoms with Crippen LogP contribution in [0.4, 0.5) is 0 Å². The second-order valence-electron chi connectivity index (χ2n) is 6.86. The van der Waals surface area contributed by atoms with Gasteiger partial charge in [-0.3, -0.25) is 0 Å². The van der Waals surface area contributed by atoms with Gasteiger partial charge >= 0.3 is 0 Å². The molecule has 160 valence electrons. The number of nitrogens with zero attached hydrogens (tertiary/aromatic N) is 5. The first kappa shape index (κ1) is 19.6. The standard InChI is InChI=1S/C23H19N5O4/c1-29-19-12-15(13-20(30-2)21(19)31-3)22-25-26-27-28(22)16-10-8-14(9-11-16)23-24-17-6-4-5-7-18(17)32-23/h4-13H,1-3H3. The molecular weight excluding hydrogens is 410 g/mol. The number of fused-ring (bicyclic) bond motifs is 1. The molecule has 5 rings (SSSR count). The number of para-hydroxylation sites is 2. The molecule has 0 saturated carbocycles. The van der Waals surface area contributed by atoms with Crippen molar-refractivity contribution >= 4 is 11.1 Å². The molecule has 0 saturated heterocycles. The Morgan fingerprint density at radius 1 is 0.812 bits per heavy atom. The molecule has 0 N–H and O–H groups in total. The molecule has 32 heavy (non-hydrogen) atoms. The average Bonchev–Trinajstić information content (AvgIpc) is 3.50. The summed E-state index contributed by atoms with van der Waals surface area (Å²) in [6, 6.07) is 18.9. The molecule has 0 atom stereocenters. The van der Waals surface area contributed by atoms with E-state index in [0.717, 1.165) is 22.4 Å². The Hall–Kier alpha value is -4.40. The Labute approximate surface area is 183 Å². The van der Waals surface area contributed by atoms with Gasteiger partial charge in [0, 0.05) is 11.1 Å². The zero-order valence-corrected chi connectivity index (χ0v) is 17.6. The van der Waals surface area contributed by atoms with Gasteiger partial charge < -0.3 is 18.6 Å². The second kappa shape index (κ2) is 8.03. The van der Waals surface area contributed by atoms with Gasteiger partial charge in [-0.2, -0.15) is 4.68 Å². The van der Waals surface area contributed by atoms with Crippen LogP contribution < -0.4 is 14.2 Å². The highest BCUT2D eigenvalue weighted by molar-refractivity contribution is 5.76. The van der Waals surface area contributed by atoms with Crippen LogP contribution >= 0.6 is 0 Å². The SMILES string of the molecule is COc1cc(-c2nnnn2-c2ccc(-c3nc4ccccc4o3)cc2)cc(OC)c1OC. The van der Waals surface area contributed by atoms with Crippen LogP contribution in [0, 0.1) is 0 Å². The van der Waals surface area contributed by atoms with E-state index in [4.69, 9.17) is 18.6 Å². The average molecular weight is 429 g/mol. The fraction of sp³-hybridized carbons (Fsp3) is 0.130. The van der Waals surface area contributed by atoms with Gasteiger partial charge in [0.25, 0.3) is 0 Å². The number of benzene rings is 3. The smallest absolute Gasteiger partial charge is 0.227 e. The van der Waals surface area contributed by atoms with E-state index in [2.05, 4.69) is 20.5 Å². The zero-order valence-electron chi connectivity index (χ0n) is 17.6. The van der Waals surface area contributed by atoms with Crippen LogP contribution in [0.5, 0.6) is 17.2 Å². The Balaban J connectivity index is 1.52. The summed E-state index contributed by atoms with van der Waals surface area (Å²) in [7, 11) is 4.69. The molecule has 3 aromatic carbocycles. The highest BCUT2D eigenvalue weighted by Crippen LogP contribution is 2.41. The molecule has 0 aliphatic heterocycles. The number of methoxy groups -OCH3 is 3. The minimum Gasteiger partial charge on any atom is -0.493 e. The highest BCUT2D eigenvalue weighted by Gasteiger charge is 2.19. The van der Waals surface area contributed by atoms with Crippen molar-refractivity contribution < 1.29 is 18.6 Å². The van der Waals surface area contributed by atoms with Crippen molar-refractivity contribution in [2.45, 2.75) is 0 Å². The van der Waals surface area contributed by atoms with Gasteiger partial charge in [0.1, 0.15) is 5.52 Å². The van der Waals surface area contributed by atoms with Crippen LogP contribution in [-0.2, 0) is 0 Å². The normalized spacial score (nSPS) is 11.0. The number of aromatic nitrogens is 5. The molecule has 0 amide bonds. The van der Waals surface area contributed by atoms with E-state index in [1.807, 2.05) is 48.5 Å². The summed E-state index contributed by atoms with van der Waals surface area (Å²) in [6.45, 7) is 0. The van der Waals surface area contributed by atoms with Crippen LogP contribution in [0.3, 0.4) is 0 Å². The molecule has 0 aliphatic carbocycles. The number of rotatable bonds is 6. The van der Waals surface area contributed by atoms with Crippen molar-refractivity contribution in [2.75, 3.05) is 21.3 Å². The van der Waals surface area contributed by atoms with Gasteiger partial charge in [-0.25, -0.2) is 4.98 Å². The van der Waals surface area contributed by atoms with Crippen molar-refractivity contribution in [2.24, 2.45) is 0 Å². The minimum absolute atomic E-state index is 0.500. The quantitative estimate of drug-likeness (QED) is 0.397. The molecule has 0 bridgehead atoms. The largest absolute Gasteiger partial charge is 0.493 e. The summed E-state index contributed by atoms with van der Waals surface area (Å²) < 4.78 is 23.8. The molecule has 9 nitrogen and oxygen atoms in total. The van der Waals surface area contributed by atoms with Gasteiger partial charge in [-0.1, -0.05) is 12.1 Å². The number of hydrogen-bond donors (Lipinski definition) is 0. The van der Waals surface area contributed by atoms with E-state index >= 15 is 0 Å². The second-order valence-corrected chi connectivity index (χ2v) is 6.86. The fourth-order valence-electron chi connectivity index (χ4n) is 3.49. The van der Waals surface area contributed by atoms with Crippen LogP contribution in [-0.4, -0.2) is 46.5 Å². The molecule has 2 aromatic heterocycles. The lowest BCUT2D eigenvalue weighted by Crippen LogP contribution is -2.01. The van der Waals surface area contributed by atoms with Crippen LogP contribution in [0.2, 0.25) is 0 Å². The van der Waals surface area contributed by atoms with E-state index in [1.54, 1.807) is 38.1 Å². The van der Waals surface area contributed by atoms with Crippen molar-refractivity contribution in [1.29, 1.82) is 0 Å². The lowest BCUT2D eigenvalue weighted by molar-refractivity contribution is 0.324. The van der Waals surface area contributed by atoms with E-state index in [0.29, 0.717) is 34.5 Å². The third-order valence-corrected chi connectivity index (χ3v) is 5.05. The van der Waals surface area contributed by atoms with Crippen LogP contribution in [0.1, 0.15) is 0 Å². The third kappa shape index (κ3) is 3.29. The monoisotopic (exact) mass is 429 g/mol. The predicted molar refractivity (Wildman–Crippen MR) is 117 cm³/mol. The number of ether oxygens (including phenoxy) is 3. The first-order valence-electron chi connectivity index (χ1n) is 9.77. The summed E-state index contributed by atoms with van der Waals surface area (Å²) >= 11 is 0. The van der Waals surface area contributed by atoms with Gasteiger partial charge in [-0.15, -0.1) is 5.10 Å². The lowest BCUT2D eigenvalue weighted by atomic mass is 10.1. The van der Waals surface area contributed by atoms with Crippen molar-refractivity contribution in [1.82, 2.24) is 25.2 Å². The number of hydrogen-bond acceptors (Lipinski definition) is 8. The van der Waals surface area contributed by atoms with Gasteiger partial charge in [0.15, 0.2) is 22.9 Å². The lowest BCUT2D eigenvalue weighted by Gasteiger charge is -2.14. The summed E-state index contributed by atoms with van der Waals surface area (Å²) in [4.78, 5) is 4.54. The van der Waals surface area contributed by atoms with E-state index < -0.39 is 0 Å². The molecule has 0 unspecified atom stereocenters. The van der Waals surface area contributed by atoms with Gasteiger partial charge in [0.05, 0.1) is 27.0 Å². The molecule has 5 aromatic rings. The van der Waals surface area contributed by atoms with Crippen molar-refractivity contribution in [3.05, 3.63) is 60.7 Å². The molecule has 9 heteroatoms. The Bertz CT molecular complexity index is 1330. The Kier molecular flexibility index (Phi) is 4.91. The molecular formula is C23H19N5O4. The number of oxazole rings is 1. The Morgan fingerprint density at radius 3 is 2.19 bits per heavy atom. The fourth-order valence-corrected chi connectivity index (χ4v) is 3.49. The maximum Gasteiger partial charge on any atom is 0.227 e. The van der Waals surface area contributed by atoms with Crippen LogP contribution in [0.25, 0.3) is 39.6 Å². The van der Waals surface area contributed by atoms with E-state index in [-0.39, 0.29) is 0 Å². The highest BCUT2D eigenvalue weighted by atomic mass is 16.5. The summed E-state index contributed by atoms with van der Waals surface area (Å²) in [5, 5.41) is 12.2. The maximum absolute atomic E-state index is 5.85. The summed E-state index contributed by atoms with van der Waals surface area (Å²) in [5.74, 6) is 2.61. The first-order chi connectivity index (χ1) is 15.7. The van der Waals surface area contributed by atoms with E-state index in [9.17, 15) is 0 Å². The molecule has 2 heterocycles. The topological polar surface area (TPSA) is 97.3 Å². The Morgan fingerprint density at radius 2 is 1.53 bits per heavy atom. The van der Waals surface area contributed by atoms with Gasteiger partial charge in [0.2, 0.25) is 11.6 Å². The summed E-state index contributed by atoms with van der Waals surface area (Å²) in [6.07, 6.45) is 0. The zero-order chi connectivity index (χ0) is 22.1. The van der Waals surface area contributed by atoms with Gasteiger partial charge in [-0.05, 0) is 59.0 Å². The third-order valence-electron chi connectivity index (χ3n) is 5.05. The molecule has 0 fully saturated rings. The minimum atomic E-state index is 0.500. The van der Waals surface area contributed by atoms with Crippen molar-refractivity contribution in [3.8, 4) is 45.8 Å². The molecule has 0 radical (unpaired) electrons. The van der Waals surface area contributed by atoms with Crippen LogP contribution in [0.15, 0.2) is 65.1 Å². The van der Waals surface area contributed by atoms with E-state index in [1.165, 1.54) is 0 Å². The first-order valence-corrected chi connectivity index (χ1v) is 9.77. The van der Waals surface area contributed by atoms with Crippen molar-refractivity contribution in [3.63, 3.8) is 0 Å². The molecule has 0 aliphatic rings. The molecule has 0 spiro atoms. The predicted octanol–water partition coefficient (Wildman–Crippen LogP) is 4.16. The summed E-state index contributed by atoms with van der Waals surface area (Å²) in [5.41, 5.74) is 3.91.